The molecule has 1 aromatic carbocycles. The molecule has 2 bridgehead atoms. The molecule has 1 fully saturated rings. The van der Waals surface area contributed by atoms with E-state index in [-0.39, 0.29) is 11.7 Å². The zero-order valence-electron chi connectivity index (χ0n) is 15.5. The standard InChI is InChI=1S/C20H28O4/c1-12-7-8-14-11-15(12)18(24-20(14,2)3)13-9-16(21-4)19(23-6)17(10-13)22-5/h7,9-10,14-15,18H,8,11H2,1-6H3/t14-,15-,18+/m1/s1. The first-order valence-corrected chi connectivity index (χ1v) is 8.55. The average Bonchev–Trinajstić information content (AvgIpc) is 2.58. The van der Waals surface area contributed by atoms with Gasteiger partial charge in [-0.3, -0.25) is 0 Å². The Kier molecular flexibility index (Phi) is 4.52. The van der Waals surface area contributed by atoms with Gasteiger partial charge in [-0.2, -0.15) is 0 Å². The molecule has 0 saturated carbocycles. The van der Waals surface area contributed by atoms with E-state index in [1.165, 1.54) is 5.57 Å². The fraction of sp³-hybridized carbons (Fsp3) is 0.600. The monoisotopic (exact) mass is 332 g/mol. The van der Waals surface area contributed by atoms with Gasteiger partial charge in [-0.15, -0.1) is 0 Å². The van der Waals surface area contributed by atoms with E-state index in [4.69, 9.17) is 18.9 Å². The molecular formula is C20H28O4. The molecule has 1 aliphatic carbocycles. The lowest BCUT2D eigenvalue weighted by Crippen LogP contribution is -2.45. The van der Waals surface area contributed by atoms with Gasteiger partial charge in [-0.1, -0.05) is 11.6 Å². The fourth-order valence-corrected chi connectivity index (χ4v) is 4.07. The Balaban J connectivity index is 2.07. The molecule has 0 aromatic heterocycles. The molecule has 132 valence electrons. The fourth-order valence-electron chi connectivity index (χ4n) is 4.07. The predicted octanol–water partition coefficient (Wildman–Crippen LogP) is 4.53. The Hall–Kier alpha value is -1.68. The summed E-state index contributed by atoms with van der Waals surface area (Å²) < 4.78 is 23.1. The van der Waals surface area contributed by atoms with Gasteiger partial charge in [0.2, 0.25) is 5.75 Å². The zero-order valence-corrected chi connectivity index (χ0v) is 15.5. The zero-order chi connectivity index (χ0) is 17.5. The van der Waals surface area contributed by atoms with E-state index in [0.717, 1.165) is 18.4 Å². The molecule has 24 heavy (non-hydrogen) atoms. The van der Waals surface area contributed by atoms with Crippen LogP contribution in [0.2, 0.25) is 0 Å². The van der Waals surface area contributed by atoms with Crippen molar-refractivity contribution in [1.29, 1.82) is 0 Å². The van der Waals surface area contributed by atoms with Gasteiger partial charge < -0.3 is 18.9 Å². The van der Waals surface area contributed by atoms with Crippen LogP contribution in [0.1, 0.15) is 45.3 Å². The summed E-state index contributed by atoms with van der Waals surface area (Å²) in [5.74, 6) is 2.94. The number of hydrogen-bond acceptors (Lipinski definition) is 4. The van der Waals surface area contributed by atoms with Crippen LogP contribution >= 0.6 is 0 Å². The Morgan fingerprint density at radius 2 is 1.67 bits per heavy atom. The van der Waals surface area contributed by atoms with E-state index in [9.17, 15) is 0 Å². The van der Waals surface area contributed by atoms with Gasteiger partial charge in [0.25, 0.3) is 0 Å². The lowest BCUT2D eigenvalue weighted by Gasteiger charge is -2.49. The summed E-state index contributed by atoms with van der Waals surface area (Å²) >= 11 is 0. The highest BCUT2D eigenvalue weighted by atomic mass is 16.5. The number of ether oxygens (including phenoxy) is 4. The summed E-state index contributed by atoms with van der Waals surface area (Å²) in [5, 5.41) is 0. The summed E-state index contributed by atoms with van der Waals surface area (Å²) in [7, 11) is 4.92. The minimum absolute atomic E-state index is 0.00139. The molecule has 3 rings (SSSR count). The van der Waals surface area contributed by atoms with Crippen molar-refractivity contribution < 1.29 is 18.9 Å². The molecule has 0 spiro atoms. The third-order valence-electron chi connectivity index (χ3n) is 5.64. The highest BCUT2D eigenvalue weighted by molar-refractivity contribution is 5.54. The largest absolute Gasteiger partial charge is 0.493 e. The van der Waals surface area contributed by atoms with Gasteiger partial charge >= 0.3 is 0 Å². The van der Waals surface area contributed by atoms with Crippen molar-refractivity contribution in [2.45, 2.75) is 45.3 Å². The number of fused-ring (bicyclic) bond motifs is 2. The molecule has 1 aliphatic heterocycles. The van der Waals surface area contributed by atoms with Gasteiger partial charge in [0.05, 0.1) is 33.0 Å². The Bertz CT molecular complexity index is 622. The molecular weight excluding hydrogens is 304 g/mol. The van der Waals surface area contributed by atoms with Crippen molar-refractivity contribution in [3.8, 4) is 17.2 Å². The van der Waals surface area contributed by atoms with Crippen molar-refractivity contribution in [1.82, 2.24) is 0 Å². The first kappa shape index (κ1) is 17.2. The van der Waals surface area contributed by atoms with Crippen molar-refractivity contribution >= 4 is 0 Å². The second-order valence-electron chi connectivity index (χ2n) is 7.32. The Morgan fingerprint density at radius 1 is 1.04 bits per heavy atom. The van der Waals surface area contributed by atoms with Gasteiger partial charge in [0.1, 0.15) is 0 Å². The predicted molar refractivity (Wildman–Crippen MR) is 94.0 cm³/mol. The molecule has 3 atom stereocenters. The van der Waals surface area contributed by atoms with E-state index >= 15 is 0 Å². The van der Waals surface area contributed by atoms with Crippen LogP contribution in [0.3, 0.4) is 0 Å². The molecule has 1 heterocycles. The smallest absolute Gasteiger partial charge is 0.203 e. The summed E-state index contributed by atoms with van der Waals surface area (Å²) in [6, 6.07) is 4.04. The summed E-state index contributed by atoms with van der Waals surface area (Å²) in [5.41, 5.74) is 2.36. The van der Waals surface area contributed by atoms with Crippen molar-refractivity contribution in [3.05, 3.63) is 29.3 Å². The average molecular weight is 332 g/mol. The quantitative estimate of drug-likeness (QED) is 0.759. The van der Waals surface area contributed by atoms with E-state index in [2.05, 4.69) is 26.8 Å². The van der Waals surface area contributed by atoms with Crippen LogP contribution in [-0.2, 0) is 4.74 Å². The second-order valence-corrected chi connectivity index (χ2v) is 7.32. The molecule has 4 nitrogen and oxygen atoms in total. The number of hydrogen-bond donors (Lipinski definition) is 0. The first-order chi connectivity index (χ1) is 11.4. The van der Waals surface area contributed by atoms with Crippen molar-refractivity contribution in [3.63, 3.8) is 0 Å². The maximum atomic E-state index is 6.58. The topological polar surface area (TPSA) is 36.9 Å². The minimum atomic E-state index is -0.140. The van der Waals surface area contributed by atoms with Crippen LogP contribution in [0.5, 0.6) is 17.2 Å². The van der Waals surface area contributed by atoms with Crippen LogP contribution < -0.4 is 14.2 Å². The summed E-state index contributed by atoms with van der Waals surface area (Å²) in [6.45, 7) is 6.62. The molecule has 4 heteroatoms. The molecule has 2 aliphatic rings. The van der Waals surface area contributed by atoms with Crippen LogP contribution in [0.25, 0.3) is 0 Å². The third-order valence-corrected chi connectivity index (χ3v) is 5.64. The lowest BCUT2D eigenvalue weighted by atomic mass is 9.69. The van der Waals surface area contributed by atoms with Crippen LogP contribution in [0.4, 0.5) is 0 Å². The third kappa shape index (κ3) is 2.77. The molecule has 0 unspecified atom stereocenters. The van der Waals surface area contributed by atoms with E-state index in [1.807, 2.05) is 12.1 Å². The molecule has 0 amide bonds. The van der Waals surface area contributed by atoms with Gasteiger partial charge in [-0.05, 0) is 57.2 Å². The van der Waals surface area contributed by atoms with Crippen LogP contribution in [0, 0.1) is 11.8 Å². The molecule has 0 radical (unpaired) electrons. The highest BCUT2D eigenvalue weighted by Crippen LogP contribution is 2.52. The number of benzene rings is 1. The molecule has 1 aromatic rings. The Morgan fingerprint density at radius 3 is 2.21 bits per heavy atom. The Labute approximate surface area is 144 Å². The van der Waals surface area contributed by atoms with Crippen molar-refractivity contribution in [2.24, 2.45) is 11.8 Å². The lowest BCUT2D eigenvalue weighted by molar-refractivity contribution is -0.166. The second kappa shape index (κ2) is 6.32. The normalized spacial score (nSPS) is 28.1. The van der Waals surface area contributed by atoms with Gasteiger partial charge in [0.15, 0.2) is 11.5 Å². The number of allylic oxidation sites excluding steroid dienone is 1. The molecule has 0 N–H and O–H groups in total. The molecule has 1 saturated heterocycles. The van der Waals surface area contributed by atoms with E-state index in [0.29, 0.717) is 29.1 Å². The van der Waals surface area contributed by atoms with Gasteiger partial charge in [-0.25, -0.2) is 0 Å². The van der Waals surface area contributed by atoms with Gasteiger partial charge in [0, 0.05) is 5.92 Å². The SMILES string of the molecule is COc1cc([C@@H]2OC(C)(C)[C@@H]3CC=C(C)[C@H]2C3)cc(OC)c1OC. The number of rotatable bonds is 4. The summed E-state index contributed by atoms with van der Waals surface area (Å²) in [6.07, 6.45) is 4.66. The summed E-state index contributed by atoms with van der Waals surface area (Å²) in [4.78, 5) is 0. The van der Waals surface area contributed by atoms with Crippen LogP contribution in [0.15, 0.2) is 23.8 Å². The minimum Gasteiger partial charge on any atom is -0.493 e. The van der Waals surface area contributed by atoms with Crippen LogP contribution in [-0.4, -0.2) is 26.9 Å². The van der Waals surface area contributed by atoms with Crippen molar-refractivity contribution in [2.75, 3.05) is 21.3 Å². The highest BCUT2D eigenvalue weighted by Gasteiger charge is 2.45. The number of methoxy groups -OCH3 is 3. The first-order valence-electron chi connectivity index (χ1n) is 8.55. The van der Waals surface area contributed by atoms with E-state index < -0.39 is 0 Å². The maximum absolute atomic E-state index is 6.58. The maximum Gasteiger partial charge on any atom is 0.203 e. The van der Waals surface area contributed by atoms with E-state index in [1.54, 1.807) is 21.3 Å².